The van der Waals surface area contributed by atoms with Crippen molar-refractivity contribution in [1.29, 1.82) is 0 Å². The Morgan fingerprint density at radius 1 is 1.10 bits per heavy atom. The van der Waals surface area contributed by atoms with E-state index in [-0.39, 0.29) is 18.8 Å². The number of fused-ring (bicyclic) bond motifs is 1. The molecule has 0 aromatic carbocycles. The average Bonchev–Trinajstić information content (AvgIpc) is 2.80. The molecule has 3 aliphatic heterocycles. The van der Waals surface area contributed by atoms with Gasteiger partial charge in [-0.25, -0.2) is 0 Å². The van der Waals surface area contributed by atoms with Crippen molar-refractivity contribution in [2.45, 2.75) is 63.4 Å². The zero-order valence-electron chi connectivity index (χ0n) is 12.4. The van der Waals surface area contributed by atoms with Crippen molar-refractivity contribution in [3.63, 3.8) is 0 Å². The van der Waals surface area contributed by atoms with Gasteiger partial charge in [-0.2, -0.15) is 0 Å². The van der Waals surface area contributed by atoms with Crippen molar-refractivity contribution in [1.82, 2.24) is 0 Å². The molecule has 0 aliphatic carbocycles. The second-order valence-electron chi connectivity index (χ2n) is 6.28. The highest BCUT2D eigenvalue weighted by Gasteiger charge is 2.63. The van der Waals surface area contributed by atoms with Crippen molar-refractivity contribution in [2.75, 3.05) is 13.2 Å². The van der Waals surface area contributed by atoms with Crippen LogP contribution < -0.4 is 0 Å². The minimum Gasteiger partial charge on any atom is -0.490 e. The van der Waals surface area contributed by atoms with Gasteiger partial charge in [-0.3, -0.25) is 0 Å². The largest absolute Gasteiger partial charge is 0.490 e. The lowest BCUT2D eigenvalue weighted by molar-refractivity contribution is -0.326. The third-order valence-electron chi connectivity index (χ3n) is 3.73. The molecule has 3 saturated heterocycles. The minimum atomic E-state index is -0.983. The first-order chi connectivity index (χ1) is 9.27. The lowest BCUT2D eigenvalue weighted by Crippen LogP contribution is -2.62. The van der Waals surface area contributed by atoms with E-state index in [2.05, 4.69) is 6.58 Å². The van der Waals surface area contributed by atoms with Gasteiger partial charge in [0.1, 0.15) is 18.8 Å². The van der Waals surface area contributed by atoms with Crippen LogP contribution in [-0.4, -0.2) is 48.9 Å². The molecule has 0 aromatic heterocycles. The lowest BCUT2D eigenvalue weighted by atomic mass is 9.97. The van der Waals surface area contributed by atoms with Gasteiger partial charge in [-0.05, 0) is 27.7 Å². The van der Waals surface area contributed by atoms with E-state index in [9.17, 15) is 0 Å². The van der Waals surface area contributed by atoms with Gasteiger partial charge in [0, 0.05) is 0 Å². The highest BCUT2D eigenvalue weighted by atomic mass is 16.9. The molecule has 6 heteroatoms. The maximum absolute atomic E-state index is 5.97. The number of ether oxygens (including phenoxy) is 6. The third kappa shape index (κ3) is 2.25. The van der Waals surface area contributed by atoms with Crippen molar-refractivity contribution in [3.8, 4) is 0 Å². The smallest absolute Gasteiger partial charge is 0.235 e. The molecular formula is C14H22O6. The highest BCUT2D eigenvalue weighted by Crippen LogP contribution is 2.45. The zero-order valence-corrected chi connectivity index (χ0v) is 12.4. The van der Waals surface area contributed by atoms with E-state index in [0.717, 1.165) is 0 Å². The summed E-state index contributed by atoms with van der Waals surface area (Å²) < 4.78 is 35.0. The van der Waals surface area contributed by atoms with E-state index in [1.54, 1.807) is 0 Å². The molecule has 0 radical (unpaired) electrons. The van der Waals surface area contributed by atoms with E-state index in [1.165, 1.54) is 6.26 Å². The second kappa shape index (κ2) is 4.42. The first kappa shape index (κ1) is 14.3. The fourth-order valence-electron chi connectivity index (χ4n) is 3.05. The Bertz CT molecular complexity index is 404. The maximum atomic E-state index is 5.97. The molecule has 3 aliphatic rings. The van der Waals surface area contributed by atoms with Crippen molar-refractivity contribution < 1.29 is 28.4 Å². The summed E-state index contributed by atoms with van der Waals surface area (Å²) >= 11 is 0. The second-order valence-corrected chi connectivity index (χ2v) is 6.28. The van der Waals surface area contributed by atoms with Gasteiger partial charge in [0.2, 0.25) is 5.79 Å². The Morgan fingerprint density at radius 2 is 1.85 bits per heavy atom. The SMILES string of the molecule is C=CO[C@@H]1[C@@H]2OC(C)(C)O[C@@H]2CO[C@]12COC(C)(C)O2. The molecule has 4 atom stereocenters. The number of hydrogen-bond donors (Lipinski definition) is 0. The molecule has 114 valence electrons. The molecule has 20 heavy (non-hydrogen) atoms. The number of rotatable bonds is 2. The summed E-state index contributed by atoms with van der Waals surface area (Å²) in [5.74, 6) is -2.37. The molecule has 0 saturated carbocycles. The molecule has 0 aromatic rings. The number of hydrogen-bond acceptors (Lipinski definition) is 6. The fourth-order valence-corrected chi connectivity index (χ4v) is 3.05. The van der Waals surface area contributed by atoms with Crippen LogP contribution in [0.25, 0.3) is 0 Å². The van der Waals surface area contributed by atoms with Crippen LogP contribution in [-0.2, 0) is 28.4 Å². The molecule has 0 N–H and O–H groups in total. The summed E-state index contributed by atoms with van der Waals surface area (Å²) in [6.45, 7) is 11.7. The van der Waals surface area contributed by atoms with Crippen LogP contribution in [0.2, 0.25) is 0 Å². The zero-order chi connectivity index (χ0) is 14.6. The lowest BCUT2D eigenvalue weighted by Gasteiger charge is -2.43. The van der Waals surface area contributed by atoms with Crippen LogP contribution in [0.4, 0.5) is 0 Å². The van der Waals surface area contributed by atoms with Crippen LogP contribution in [0.1, 0.15) is 27.7 Å². The Labute approximate surface area is 118 Å². The molecule has 0 amide bonds. The van der Waals surface area contributed by atoms with E-state index in [0.29, 0.717) is 6.61 Å². The first-order valence-electron chi connectivity index (χ1n) is 6.87. The van der Waals surface area contributed by atoms with E-state index in [1.807, 2.05) is 27.7 Å². The van der Waals surface area contributed by atoms with Crippen molar-refractivity contribution in [2.24, 2.45) is 0 Å². The van der Waals surface area contributed by atoms with Gasteiger partial charge in [0.25, 0.3) is 0 Å². The summed E-state index contributed by atoms with van der Waals surface area (Å²) in [6, 6.07) is 0. The highest BCUT2D eigenvalue weighted by molar-refractivity contribution is 5.02. The van der Waals surface area contributed by atoms with Gasteiger partial charge in [-0.1, -0.05) is 6.58 Å². The molecule has 0 bridgehead atoms. The van der Waals surface area contributed by atoms with Gasteiger partial charge in [0.05, 0.1) is 12.9 Å². The monoisotopic (exact) mass is 286 g/mol. The van der Waals surface area contributed by atoms with Crippen LogP contribution in [0, 0.1) is 0 Å². The van der Waals surface area contributed by atoms with Crippen LogP contribution >= 0.6 is 0 Å². The minimum absolute atomic E-state index is 0.187. The Morgan fingerprint density at radius 3 is 2.45 bits per heavy atom. The molecule has 1 spiro atoms. The molecule has 3 heterocycles. The predicted molar refractivity (Wildman–Crippen MR) is 68.7 cm³/mol. The quantitative estimate of drug-likeness (QED) is 0.718. The van der Waals surface area contributed by atoms with E-state index in [4.69, 9.17) is 28.4 Å². The molecule has 3 rings (SSSR count). The summed E-state index contributed by atoms with van der Waals surface area (Å²) in [5.41, 5.74) is 0. The molecule has 3 fully saturated rings. The summed E-state index contributed by atoms with van der Waals surface area (Å²) in [6.07, 6.45) is 0.422. The summed E-state index contributed by atoms with van der Waals surface area (Å²) in [4.78, 5) is 0. The van der Waals surface area contributed by atoms with Crippen molar-refractivity contribution >= 4 is 0 Å². The maximum Gasteiger partial charge on any atom is 0.235 e. The van der Waals surface area contributed by atoms with Gasteiger partial charge >= 0.3 is 0 Å². The van der Waals surface area contributed by atoms with E-state index >= 15 is 0 Å². The van der Waals surface area contributed by atoms with E-state index < -0.39 is 23.5 Å². The normalized spacial score (nSPS) is 45.3. The summed E-state index contributed by atoms with van der Waals surface area (Å²) in [7, 11) is 0. The van der Waals surface area contributed by atoms with Gasteiger partial charge in [-0.15, -0.1) is 0 Å². The average molecular weight is 286 g/mol. The van der Waals surface area contributed by atoms with Gasteiger partial charge in [0.15, 0.2) is 17.7 Å². The molecule has 0 unspecified atom stereocenters. The standard InChI is InChI=1S/C14H22O6/c1-6-15-11-10-9(18-13(4,5)19-10)7-16-14(11)8-17-12(2,3)20-14/h6,9-11H,1,7-8H2,2-5H3/t9-,10-,11-,14+/m1/s1. The Kier molecular flexibility index (Phi) is 3.15. The first-order valence-corrected chi connectivity index (χ1v) is 6.87. The third-order valence-corrected chi connectivity index (χ3v) is 3.73. The Balaban J connectivity index is 1.88. The van der Waals surface area contributed by atoms with Gasteiger partial charge < -0.3 is 28.4 Å². The fraction of sp³-hybridized carbons (Fsp3) is 0.857. The summed E-state index contributed by atoms with van der Waals surface area (Å²) in [5, 5.41) is 0. The molecular weight excluding hydrogens is 264 g/mol. The molecule has 6 nitrogen and oxygen atoms in total. The van der Waals surface area contributed by atoms with Crippen LogP contribution in [0.15, 0.2) is 12.8 Å². The Hall–Kier alpha value is -0.660. The van der Waals surface area contributed by atoms with Crippen LogP contribution in [0.3, 0.4) is 0 Å². The van der Waals surface area contributed by atoms with Crippen LogP contribution in [0.5, 0.6) is 0 Å². The van der Waals surface area contributed by atoms with Crippen molar-refractivity contribution in [3.05, 3.63) is 12.8 Å². The topological polar surface area (TPSA) is 55.4 Å². The predicted octanol–water partition coefficient (Wildman–Crippen LogP) is 1.54.